The number of anilines is 2. The summed E-state index contributed by atoms with van der Waals surface area (Å²) in [7, 11) is 0. The van der Waals surface area contributed by atoms with Gasteiger partial charge in [0.15, 0.2) is 0 Å². The summed E-state index contributed by atoms with van der Waals surface area (Å²) in [5.41, 5.74) is 3.79. The SMILES string of the molecule is CCCCCN(c1nc(C2CC2)nc(NN)c1C)C(C)C. The minimum atomic E-state index is 0.424. The highest BCUT2D eigenvalue weighted by molar-refractivity contribution is 5.59. The van der Waals surface area contributed by atoms with Crippen molar-refractivity contribution in [1.29, 1.82) is 0 Å². The zero-order valence-electron chi connectivity index (χ0n) is 13.8. The molecule has 0 saturated heterocycles. The van der Waals surface area contributed by atoms with Crippen LogP contribution in [0.3, 0.4) is 0 Å². The van der Waals surface area contributed by atoms with Crippen LogP contribution >= 0.6 is 0 Å². The number of hydrogen-bond acceptors (Lipinski definition) is 5. The number of nitrogens with zero attached hydrogens (tertiary/aromatic N) is 3. The Labute approximate surface area is 128 Å². The Kier molecular flexibility index (Phi) is 5.39. The van der Waals surface area contributed by atoms with Crippen LogP contribution in [0.4, 0.5) is 11.6 Å². The van der Waals surface area contributed by atoms with Crippen LogP contribution in [-0.2, 0) is 0 Å². The third kappa shape index (κ3) is 3.84. The molecule has 0 unspecified atom stereocenters. The lowest BCUT2D eigenvalue weighted by atomic mass is 10.2. The average Bonchev–Trinajstić information content (AvgIpc) is 3.29. The van der Waals surface area contributed by atoms with Gasteiger partial charge in [0.1, 0.15) is 17.5 Å². The molecule has 1 aromatic rings. The second kappa shape index (κ2) is 7.07. The molecular formula is C16H29N5. The highest BCUT2D eigenvalue weighted by Crippen LogP contribution is 2.40. The Balaban J connectivity index is 2.30. The lowest BCUT2D eigenvalue weighted by molar-refractivity contribution is 0.616. The van der Waals surface area contributed by atoms with E-state index in [0.29, 0.717) is 12.0 Å². The fraction of sp³-hybridized carbons (Fsp3) is 0.750. The van der Waals surface area contributed by atoms with Gasteiger partial charge >= 0.3 is 0 Å². The molecule has 0 amide bonds. The zero-order chi connectivity index (χ0) is 15.4. The van der Waals surface area contributed by atoms with E-state index in [9.17, 15) is 0 Å². The van der Waals surface area contributed by atoms with E-state index in [2.05, 4.69) is 43.0 Å². The summed E-state index contributed by atoms with van der Waals surface area (Å²) in [6.45, 7) is 9.77. The number of aromatic nitrogens is 2. The number of unbranched alkanes of at least 4 members (excludes halogenated alkanes) is 2. The standard InChI is InChI=1S/C16H29N5/c1-5-6-7-10-21(11(2)3)16-12(4)14(20-17)18-15(19-16)13-8-9-13/h11,13H,5-10,17H2,1-4H3,(H,18,19,20). The van der Waals surface area contributed by atoms with E-state index in [1.165, 1.54) is 32.1 Å². The Hall–Kier alpha value is -1.36. The van der Waals surface area contributed by atoms with Crippen LogP contribution in [0.15, 0.2) is 0 Å². The summed E-state index contributed by atoms with van der Waals surface area (Å²) in [4.78, 5) is 11.8. The zero-order valence-corrected chi connectivity index (χ0v) is 13.8. The first kappa shape index (κ1) is 16.0. The van der Waals surface area contributed by atoms with E-state index >= 15 is 0 Å². The van der Waals surface area contributed by atoms with Crippen molar-refractivity contribution in [3.05, 3.63) is 11.4 Å². The molecule has 5 nitrogen and oxygen atoms in total. The predicted octanol–water partition coefficient (Wildman–Crippen LogP) is 3.35. The Bertz CT molecular complexity index is 468. The van der Waals surface area contributed by atoms with E-state index in [1.54, 1.807) is 0 Å². The third-order valence-electron chi connectivity index (χ3n) is 4.11. The summed E-state index contributed by atoms with van der Waals surface area (Å²) in [6.07, 6.45) is 6.08. The van der Waals surface area contributed by atoms with Gasteiger partial charge in [-0.3, -0.25) is 0 Å². The van der Waals surface area contributed by atoms with Crippen LogP contribution in [0.2, 0.25) is 0 Å². The fourth-order valence-electron chi connectivity index (χ4n) is 2.61. The van der Waals surface area contributed by atoms with E-state index in [0.717, 1.165) is 29.6 Å². The number of hydrazine groups is 1. The lowest BCUT2D eigenvalue weighted by Crippen LogP contribution is -2.34. The summed E-state index contributed by atoms with van der Waals surface area (Å²) in [6, 6.07) is 0.424. The van der Waals surface area contributed by atoms with Crippen molar-refractivity contribution in [2.24, 2.45) is 5.84 Å². The van der Waals surface area contributed by atoms with Crippen LogP contribution in [0.5, 0.6) is 0 Å². The maximum absolute atomic E-state index is 5.65. The van der Waals surface area contributed by atoms with Gasteiger partial charge in [0, 0.05) is 24.1 Å². The molecule has 1 saturated carbocycles. The van der Waals surface area contributed by atoms with Crippen molar-refractivity contribution >= 4 is 11.6 Å². The number of hydrogen-bond donors (Lipinski definition) is 2. The number of nitrogens with one attached hydrogen (secondary N) is 1. The average molecular weight is 291 g/mol. The minimum Gasteiger partial charge on any atom is -0.354 e. The molecule has 0 aliphatic heterocycles. The van der Waals surface area contributed by atoms with Crippen molar-refractivity contribution < 1.29 is 0 Å². The summed E-state index contributed by atoms with van der Waals surface area (Å²) >= 11 is 0. The van der Waals surface area contributed by atoms with Gasteiger partial charge in [-0.25, -0.2) is 15.8 Å². The van der Waals surface area contributed by atoms with Crippen molar-refractivity contribution in [3.63, 3.8) is 0 Å². The van der Waals surface area contributed by atoms with Crippen LogP contribution in [-0.4, -0.2) is 22.6 Å². The van der Waals surface area contributed by atoms with Gasteiger partial charge in [-0.2, -0.15) is 0 Å². The smallest absolute Gasteiger partial charge is 0.148 e. The minimum absolute atomic E-state index is 0.424. The van der Waals surface area contributed by atoms with Crippen LogP contribution in [0.25, 0.3) is 0 Å². The lowest BCUT2D eigenvalue weighted by Gasteiger charge is -2.30. The van der Waals surface area contributed by atoms with Gasteiger partial charge in [0.05, 0.1) is 0 Å². The highest BCUT2D eigenvalue weighted by atomic mass is 15.3. The summed E-state index contributed by atoms with van der Waals surface area (Å²) in [5.74, 6) is 8.94. The van der Waals surface area contributed by atoms with Crippen molar-refractivity contribution in [1.82, 2.24) is 9.97 Å². The highest BCUT2D eigenvalue weighted by Gasteiger charge is 2.29. The van der Waals surface area contributed by atoms with Crippen LogP contribution in [0, 0.1) is 6.92 Å². The normalized spacial score (nSPS) is 14.6. The summed E-state index contributed by atoms with van der Waals surface area (Å²) < 4.78 is 0. The first-order chi connectivity index (χ1) is 10.1. The third-order valence-corrected chi connectivity index (χ3v) is 4.11. The maximum atomic E-state index is 5.65. The van der Waals surface area contributed by atoms with Gasteiger partial charge in [0.25, 0.3) is 0 Å². The molecule has 2 rings (SSSR count). The second-order valence-corrected chi connectivity index (χ2v) is 6.29. The molecule has 0 aromatic carbocycles. The monoisotopic (exact) mass is 291 g/mol. The van der Waals surface area contributed by atoms with Gasteiger partial charge in [-0.05, 0) is 40.0 Å². The first-order valence-corrected chi connectivity index (χ1v) is 8.20. The molecule has 21 heavy (non-hydrogen) atoms. The molecule has 1 aliphatic rings. The maximum Gasteiger partial charge on any atom is 0.148 e. The summed E-state index contributed by atoms with van der Waals surface area (Å²) in [5, 5.41) is 0. The first-order valence-electron chi connectivity index (χ1n) is 8.20. The van der Waals surface area contributed by atoms with Gasteiger partial charge in [-0.15, -0.1) is 0 Å². The number of nitrogens with two attached hydrogens (primary N) is 1. The molecule has 5 heteroatoms. The Morgan fingerprint density at radius 2 is 2.00 bits per heavy atom. The van der Waals surface area contributed by atoms with Crippen molar-refractivity contribution in [3.8, 4) is 0 Å². The Morgan fingerprint density at radius 3 is 2.52 bits per heavy atom. The topological polar surface area (TPSA) is 67.1 Å². The molecule has 1 aromatic heterocycles. The van der Waals surface area contributed by atoms with Crippen molar-refractivity contribution in [2.75, 3.05) is 16.9 Å². The number of nitrogen functional groups attached to an aromatic ring is 1. The van der Waals surface area contributed by atoms with Gasteiger partial charge in [0.2, 0.25) is 0 Å². The molecule has 3 N–H and O–H groups in total. The fourth-order valence-corrected chi connectivity index (χ4v) is 2.61. The molecule has 1 fully saturated rings. The molecule has 0 atom stereocenters. The molecule has 0 radical (unpaired) electrons. The molecule has 0 bridgehead atoms. The van der Waals surface area contributed by atoms with E-state index < -0.39 is 0 Å². The Morgan fingerprint density at radius 1 is 1.29 bits per heavy atom. The molecular weight excluding hydrogens is 262 g/mol. The second-order valence-electron chi connectivity index (χ2n) is 6.29. The predicted molar refractivity (Wildman–Crippen MR) is 88.6 cm³/mol. The van der Waals surface area contributed by atoms with Crippen molar-refractivity contribution in [2.45, 2.75) is 71.8 Å². The van der Waals surface area contributed by atoms with Crippen LogP contribution < -0.4 is 16.2 Å². The van der Waals surface area contributed by atoms with E-state index in [4.69, 9.17) is 10.8 Å². The molecule has 1 aliphatic carbocycles. The van der Waals surface area contributed by atoms with Gasteiger partial charge in [-0.1, -0.05) is 19.8 Å². The molecule has 0 spiro atoms. The molecule has 118 valence electrons. The molecule has 1 heterocycles. The van der Waals surface area contributed by atoms with Crippen LogP contribution in [0.1, 0.15) is 70.2 Å². The van der Waals surface area contributed by atoms with E-state index in [-0.39, 0.29) is 0 Å². The van der Waals surface area contributed by atoms with Gasteiger partial charge < -0.3 is 10.3 Å². The van der Waals surface area contributed by atoms with E-state index in [1.807, 2.05) is 0 Å². The number of rotatable bonds is 8. The quantitative estimate of drug-likeness (QED) is 0.437. The largest absolute Gasteiger partial charge is 0.354 e.